The van der Waals surface area contributed by atoms with Gasteiger partial charge < -0.3 is 14.2 Å². The minimum Gasteiger partial charge on any atom is -0.497 e. The smallest absolute Gasteiger partial charge is 0.344 e. The predicted octanol–water partition coefficient (Wildman–Crippen LogP) is 3.25. The topological polar surface area (TPSA) is 82.1 Å². The van der Waals surface area contributed by atoms with Crippen molar-refractivity contribution in [2.24, 2.45) is 0 Å². The number of rotatable bonds is 7. The highest BCUT2D eigenvalue weighted by Gasteiger charge is 2.32. The lowest BCUT2D eigenvalue weighted by atomic mass is 9.92. The highest BCUT2D eigenvalue weighted by molar-refractivity contribution is 7.89. The average Bonchev–Trinajstić information content (AvgIpc) is 2.72. The molecule has 0 aromatic heterocycles. The number of hydrogen-bond acceptors (Lipinski definition) is 6. The van der Waals surface area contributed by atoms with Gasteiger partial charge in [0.15, 0.2) is 6.61 Å². The Kier molecular flexibility index (Phi) is 6.67. The zero-order chi connectivity index (χ0) is 21.9. The molecule has 0 aliphatic carbocycles. The molecule has 0 bridgehead atoms. The van der Waals surface area contributed by atoms with Crippen molar-refractivity contribution < 1.29 is 27.4 Å². The first kappa shape index (κ1) is 22.1. The average molecular weight is 434 g/mol. The molecule has 0 N–H and O–H groups in total. The van der Waals surface area contributed by atoms with E-state index in [1.165, 1.54) is 10.4 Å². The summed E-state index contributed by atoms with van der Waals surface area (Å²) in [6.07, 6.45) is 0. The molecular weight excluding hydrogens is 406 g/mol. The molecule has 7 nitrogen and oxygen atoms in total. The Morgan fingerprint density at radius 3 is 2.63 bits per heavy atom. The van der Waals surface area contributed by atoms with Crippen molar-refractivity contribution in [3.05, 3.63) is 53.1 Å². The molecule has 1 unspecified atom stereocenters. The van der Waals surface area contributed by atoms with Gasteiger partial charge in [-0.2, -0.15) is 4.31 Å². The van der Waals surface area contributed by atoms with Gasteiger partial charge in [-0.1, -0.05) is 13.0 Å². The molecule has 3 rings (SSSR count). The van der Waals surface area contributed by atoms with E-state index in [9.17, 15) is 13.2 Å². The number of carbonyl (C=O) groups excluding carboxylic acids is 1. The minimum atomic E-state index is -3.69. The molecule has 1 aliphatic rings. The molecule has 0 amide bonds. The molecule has 8 heteroatoms. The van der Waals surface area contributed by atoms with Crippen LogP contribution in [-0.2, 0) is 26.1 Å². The van der Waals surface area contributed by atoms with Gasteiger partial charge in [0.25, 0.3) is 0 Å². The van der Waals surface area contributed by atoms with Crippen LogP contribution in [0.5, 0.6) is 11.5 Å². The molecule has 2 aromatic carbocycles. The molecule has 0 spiro atoms. The summed E-state index contributed by atoms with van der Waals surface area (Å²) in [6, 6.07) is 10.5. The standard InChI is InChI=1S/C22H27NO6S/c1-5-28-22(24)14-29-21-9-7-19(10-15(21)2)30(25,26)23-12-16(3)20-8-6-18(27-4)11-17(20)13-23/h6-11,16H,5,12-14H2,1-4H3. The van der Waals surface area contributed by atoms with Crippen LogP contribution in [0.25, 0.3) is 0 Å². The van der Waals surface area contributed by atoms with E-state index in [1.54, 1.807) is 33.1 Å². The number of nitrogens with zero attached hydrogens (tertiary/aromatic N) is 1. The summed E-state index contributed by atoms with van der Waals surface area (Å²) in [4.78, 5) is 11.7. The fourth-order valence-corrected chi connectivity index (χ4v) is 5.19. The molecular formula is C22H27NO6S. The Morgan fingerprint density at radius 1 is 1.20 bits per heavy atom. The summed E-state index contributed by atoms with van der Waals surface area (Å²) in [5, 5.41) is 0. The Hall–Kier alpha value is -2.58. The second kappa shape index (κ2) is 9.06. The number of benzene rings is 2. The fraction of sp³-hybridized carbons (Fsp3) is 0.409. The number of fused-ring (bicyclic) bond motifs is 1. The number of aryl methyl sites for hydroxylation is 1. The van der Waals surface area contributed by atoms with Gasteiger partial charge in [0.1, 0.15) is 11.5 Å². The van der Waals surface area contributed by atoms with Gasteiger partial charge in [-0.05, 0) is 66.8 Å². The van der Waals surface area contributed by atoms with Crippen molar-refractivity contribution in [3.8, 4) is 11.5 Å². The number of sulfonamides is 1. The van der Waals surface area contributed by atoms with Gasteiger partial charge in [0.05, 0.1) is 18.6 Å². The quantitative estimate of drug-likeness (QED) is 0.624. The van der Waals surface area contributed by atoms with Gasteiger partial charge in [-0.15, -0.1) is 0 Å². The maximum Gasteiger partial charge on any atom is 0.344 e. The van der Waals surface area contributed by atoms with Gasteiger partial charge in [-0.25, -0.2) is 13.2 Å². The lowest BCUT2D eigenvalue weighted by molar-refractivity contribution is -0.145. The summed E-state index contributed by atoms with van der Waals surface area (Å²) in [5.41, 5.74) is 2.72. The normalized spacial score (nSPS) is 16.6. The molecule has 1 aliphatic heterocycles. The number of hydrogen-bond donors (Lipinski definition) is 0. The predicted molar refractivity (Wildman–Crippen MR) is 112 cm³/mol. The summed E-state index contributed by atoms with van der Waals surface area (Å²) in [6.45, 7) is 6.24. The SMILES string of the molecule is CCOC(=O)COc1ccc(S(=O)(=O)N2Cc3cc(OC)ccc3C(C)C2)cc1C. The Labute approximate surface area is 177 Å². The number of methoxy groups -OCH3 is 1. The third kappa shape index (κ3) is 4.60. The summed E-state index contributed by atoms with van der Waals surface area (Å²) in [7, 11) is -2.10. The van der Waals surface area contributed by atoms with E-state index in [2.05, 4.69) is 0 Å². The van der Waals surface area contributed by atoms with Crippen LogP contribution in [0.3, 0.4) is 0 Å². The lowest BCUT2D eigenvalue weighted by Gasteiger charge is -2.32. The van der Waals surface area contributed by atoms with Gasteiger partial charge in [0, 0.05) is 13.1 Å². The van der Waals surface area contributed by atoms with Gasteiger partial charge in [0.2, 0.25) is 10.0 Å². The fourth-order valence-electron chi connectivity index (χ4n) is 3.60. The van der Waals surface area contributed by atoms with E-state index in [4.69, 9.17) is 14.2 Å². The Balaban J connectivity index is 1.81. The maximum atomic E-state index is 13.3. The Bertz CT molecular complexity index is 1030. The second-order valence-corrected chi connectivity index (χ2v) is 9.22. The third-order valence-corrected chi connectivity index (χ3v) is 6.95. The van der Waals surface area contributed by atoms with E-state index >= 15 is 0 Å². The third-order valence-electron chi connectivity index (χ3n) is 5.14. The molecule has 2 aromatic rings. The molecule has 0 radical (unpaired) electrons. The van der Waals surface area contributed by atoms with Crippen LogP contribution in [0.15, 0.2) is 41.3 Å². The van der Waals surface area contributed by atoms with E-state index in [0.717, 1.165) is 11.1 Å². The molecule has 0 saturated carbocycles. The summed E-state index contributed by atoms with van der Waals surface area (Å²) >= 11 is 0. The zero-order valence-electron chi connectivity index (χ0n) is 17.7. The van der Waals surface area contributed by atoms with Crippen molar-refractivity contribution in [2.45, 2.75) is 38.1 Å². The van der Waals surface area contributed by atoms with Gasteiger partial charge >= 0.3 is 5.97 Å². The first-order valence-electron chi connectivity index (χ1n) is 9.82. The number of ether oxygens (including phenoxy) is 3. The Morgan fingerprint density at radius 2 is 1.97 bits per heavy atom. The summed E-state index contributed by atoms with van der Waals surface area (Å²) < 4.78 is 43.7. The highest BCUT2D eigenvalue weighted by Crippen LogP contribution is 2.34. The largest absolute Gasteiger partial charge is 0.497 e. The molecule has 0 fully saturated rings. The first-order chi connectivity index (χ1) is 14.3. The number of esters is 1. The van der Waals surface area contributed by atoms with E-state index in [1.807, 2.05) is 25.1 Å². The molecule has 1 heterocycles. The van der Waals surface area contributed by atoms with E-state index in [-0.39, 0.29) is 24.0 Å². The molecule has 30 heavy (non-hydrogen) atoms. The van der Waals surface area contributed by atoms with Crippen LogP contribution in [-0.4, -0.2) is 45.6 Å². The number of carbonyl (C=O) groups is 1. The molecule has 1 atom stereocenters. The van der Waals surface area contributed by atoms with E-state index < -0.39 is 16.0 Å². The van der Waals surface area contributed by atoms with Crippen molar-refractivity contribution in [1.82, 2.24) is 4.31 Å². The molecule has 0 saturated heterocycles. The molecule has 162 valence electrons. The minimum absolute atomic E-state index is 0.0720. The first-order valence-corrected chi connectivity index (χ1v) is 11.3. The maximum absolute atomic E-state index is 13.3. The van der Waals surface area contributed by atoms with Crippen molar-refractivity contribution in [3.63, 3.8) is 0 Å². The van der Waals surface area contributed by atoms with Crippen LogP contribution in [0.4, 0.5) is 0 Å². The van der Waals surface area contributed by atoms with Gasteiger partial charge in [-0.3, -0.25) is 0 Å². The van der Waals surface area contributed by atoms with Crippen molar-refractivity contribution >= 4 is 16.0 Å². The highest BCUT2D eigenvalue weighted by atomic mass is 32.2. The van der Waals surface area contributed by atoms with Crippen molar-refractivity contribution in [2.75, 3.05) is 26.9 Å². The van der Waals surface area contributed by atoms with Crippen LogP contribution in [0, 0.1) is 6.92 Å². The zero-order valence-corrected chi connectivity index (χ0v) is 18.5. The monoisotopic (exact) mass is 433 g/mol. The van der Waals surface area contributed by atoms with Crippen LogP contribution >= 0.6 is 0 Å². The van der Waals surface area contributed by atoms with Crippen LogP contribution in [0.2, 0.25) is 0 Å². The van der Waals surface area contributed by atoms with Crippen LogP contribution < -0.4 is 9.47 Å². The van der Waals surface area contributed by atoms with E-state index in [0.29, 0.717) is 30.2 Å². The lowest BCUT2D eigenvalue weighted by Crippen LogP contribution is -2.37. The van der Waals surface area contributed by atoms with Crippen molar-refractivity contribution in [1.29, 1.82) is 0 Å². The van der Waals surface area contributed by atoms with Crippen LogP contribution in [0.1, 0.15) is 36.5 Å². The summed E-state index contributed by atoms with van der Waals surface area (Å²) in [5.74, 6) is 0.760. The second-order valence-electron chi connectivity index (χ2n) is 7.28.